The molecule has 3 rings (SSSR count). The Labute approximate surface area is 127 Å². The van der Waals surface area contributed by atoms with E-state index in [1.807, 2.05) is 6.20 Å². The molecule has 110 valence electrons. The predicted molar refractivity (Wildman–Crippen MR) is 87.5 cm³/mol. The van der Waals surface area contributed by atoms with Crippen molar-refractivity contribution >= 4 is 5.69 Å². The summed E-state index contributed by atoms with van der Waals surface area (Å²) >= 11 is 0. The number of aryl methyl sites for hydroxylation is 1. The number of pyridine rings is 1. The molecule has 0 atom stereocenters. The van der Waals surface area contributed by atoms with Gasteiger partial charge in [-0.1, -0.05) is 30.3 Å². The van der Waals surface area contributed by atoms with Crippen LogP contribution in [0, 0.1) is 6.92 Å². The summed E-state index contributed by atoms with van der Waals surface area (Å²) in [4.78, 5) is 6.74. The van der Waals surface area contributed by atoms with Gasteiger partial charge in [-0.15, -0.1) is 0 Å². The standard InChI is InChI=1S/C18H23N3/c1-15-13-18(7-10-19-15)21-11-8-17(9-12-21)20-14-16-5-3-2-4-6-16/h2-7,10,13,17,20H,8-9,11-12,14H2,1H3. The van der Waals surface area contributed by atoms with Crippen LogP contribution in [0.1, 0.15) is 24.1 Å². The Kier molecular flexibility index (Phi) is 4.51. The molecular formula is C18H23N3. The van der Waals surface area contributed by atoms with Crippen LogP contribution in [0.3, 0.4) is 0 Å². The molecule has 0 amide bonds. The third-order valence-electron chi connectivity index (χ3n) is 4.18. The lowest BCUT2D eigenvalue weighted by Gasteiger charge is -2.34. The number of piperidine rings is 1. The van der Waals surface area contributed by atoms with E-state index in [-0.39, 0.29) is 0 Å². The second kappa shape index (κ2) is 6.72. The normalized spacial score (nSPS) is 16.1. The third-order valence-corrected chi connectivity index (χ3v) is 4.18. The first kappa shape index (κ1) is 14.1. The number of anilines is 1. The van der Waals surface area contributed by atoms with Crippen LogP contribution in [0.2, 0.25) is 0 Å². The molecule has 0 radical (unpaired) electrons. The minimum atomic E-state index is 0.629. The zero-order valence-corrected chi connectivity index (χ0v) is 12.6. The van der Waals surface area contributed by atoms with Crippen LogP contribution in [0.5, 0.6) is 0 Å². The molecule has 0 spiro atoms. The van der Waals surface area contributed by atoms with Gasteiger partial charge >= 0.3 is 0 Å². The molecule has 2 heterocycles. The van der Waals surface area contributed by atoms with E-state index in [1.54, 1.807) is 0 Å². The lowest BCUT2D eigenvalue weighted by Crippen LogP contribution is -2.42. The molecule has 1 saturated heterocycles. The predicted octanol–water partition coefficient (Wildman–Crippen LogP) is 3.15. The van der Waals surface area contributed by atoms with E-state index in [4.69, 9.17) is 0 Å². The lowest BCUT2D eigenvalue weighted by molar-refractivity contribution is 0.414. The summed E-state index contributed by atoms with van der Waals surface area (Å²) in [5.41, 5.74) is 3.77. The average Bonchev–Trinajstić information content (AvgIpc) is 2.54. The van der Waals surface area contributed by atoms with Crippen LogP contribution in [-0.2, 0) is 6.54 Å². The van der Waals surface area contributed by atoms with Crippen LogP contribution < -0.4 is 10.2 Å². The molecule has 3 nitrogen and oxygen atoms in total. The van der Waals surface area contributed by atoms with Crippen molar-refractivity contribution in [2.75, 3.05) is 18.0 Å². The quantitative estimate of drug-likeness (QED) is 0.933. The van der Waals surface area contributed by atoms with Gasteiger partial charge in [0, 0.05) is 43.3 Å². The summed E-state index contributed by atoms with van der Waals surface area (Å²) in [7, 11) is 0. The van der Waals surface area contributed by atoms with Crippen LogP contribution in [-0.4, -0.2) is 24.1 Å². The maximum Gasteiger partial charge on any atom is 0.0399 e. The van der Waals surface area contributed by atoms with Gasteiger partial charge in [0.15, 0.2) is 0 Å². The second-order valence-electron chi connectivity index (χ2n) is 5.78. The molecule has 1 aromatic carbocycles. The highest BCUT2D eigenvalue weighted by atomic mass is 15.1. The van der Waals surface area contributed by atoms with Crippen LogP contribution in [0.15, 0.2) is 48.7 Å². The molecule has 0 aliphatic carbocycles. The van der Waals surface area contributed by atoms with Gasteiger partial charge < -0.3 is 10.2 Å². The fraction of sp³-hybridized carbons (Fsp3) is 0.389. The monoisotopic (exact) mass is 281 g/mol. The summed E-state index contributed by atoms with van der Waals surface area (Å²) in [6, 6.07) is 15.6. The number of aromatic nitrogens is 1. The number of hydrogen-bond donors (Lipinski definition) is 1. The fourth-order valence-electron chi connectivity index (χ4n) is 2.93. The Morgan fingerprint density at radius 1 is 1.14 bits per heavy atom. The molecule has 0 saturated carbocycles. The van der Waals surface area contributed by atoms with Crippen molar-refractivity contribution in [3.8, 4) is 0 Å². The van der Waals surface area contributed by atoms with E-state index in [9.17, 15) is 0 Å². The van der Waals surface area contributed by atoms with Crippen LogP contribution in [0.4, 0.5) is 5.69 Å². The lowest BCUT2D eigenvalue weighted by atomic mass is 10.0. The summed E-state index contributed by atoms with van der Waals surface area (Å²) < 4.78 is 0. The van der Waals surface area contributed by atoms with E-state index in [1.165, 1.54) is 24.1 Å². The molecule has 3 heteroatoms. The first-order valence-corrected chi connectivity index (χ1v) is 7.76. The van der Waals surface area contributed by atoms with Crippen molar-refractivity contribution in [1.82, 2.24) is 10.3 Å². The molecule has 0 unspecified atom stereocenters. The fourth-order valence-corrected chi connectivity index (χ4v) is 2.93. The zero-order valence-electron chi connectivity index (χ0n) is 12.6. The van der Waals surface area contributed by atoms with Gasteiger partial charge in [-0.25, -0.2) is 0 Å². The van der Waals surface area contributed by atoms with Gasteiger partial charge in [-0.3, -0.25) is 4.98 Å². The highest BCUT2D eigenvalue weighted by Gasteiger charge is 2.19. The Morgan fingerprint density at radius 3 is 2.62 bits per heavy atom. The molecule has 1 fully saturated rings. The molecule has 1 aliphatic rings. The smallest absolute Gasteiger partial charge is 0.0399 e. The number of nitrogens with one attached hydrogen (secondary N) is 1. The van der Waals surface area contributed by atoms with E-state index in [2.05, 4.69) is 64.6 Å². The number of nitrogens with zero attached hydrogens (tertiary/aromatic N) is 2. The van der Waals surface area contributed by atoms with Crippen molar-refractivity contribution in [2.45, 2.75) is 32.4 Å². The first-order valence-electron chi connectivity index (χ1n) is 7.76. The summed E-state index contributed by atoms with van der Waals surface area (Å²) in [5, 5.41) is 3.68. The third kappa shape index (κ3) is 3.82. The summed E-state index contributed by atoms with van der Waals surface area (Å²) in [6.45, 7) is 5.27. The van der Waals surface area contributed by atoms with Crippen LogP contribution in [0.25, 0.3) is 0 Å². The SMILES string of the molecule is Cc1cc(N2CCC(NCc3ccccc3)CC2)ccn1. The maximum absolute atomic E-state index is 4.27. The molecular weight excluding hydrogens is 258 g/mol. The van der Waals surface area contributed by atoms with Crippen molar-refractivity contribution in [3.05, 3.63) is 59.9 Å². The van der Waals surface area contributed by atoms with E-state index in [0.29, 0.717) is 6.04 Å². The van der Waals surface area contributed by atoms with Gasteiger partial charge in [0.05, 0.1) is 0 Å². The summed E-state index contributed by atoms with van der Waals surface area (Å²) in [5.74, 6) is 0. The molecule has 1 N–H and O–H groups in total. The minimum Gasteiger partial charge on any atom is -0.371 e. The van der Waals surface area contributed by atoms with Gasteiger partial charge in [0.2, 0.25) is 0 Å². The van der Waals surface area contributed by atoms with Crippen molar-refractivity contribution in [1.29, 1.82) is 0 Å². The van der Waals surface area contributed by atoms with Crippen molar-refractivity contribution in [2.24, 2.45) is 0 Å². The van der Waals surface area contributed by atoms with Gasteiger partial charge in [-0.2, -0.15) is 0 Å². The van der Waals surface area contributed by atoms with Crippen molar-refractivity contribution in [3.63, 3.8) is 0 Å². The Balaban J connectivity index is 1.49. The number of benzene rings is 1. The van der Waals surface area contributed by atoms with Gasteiger partial charge in [-0.05, 0) is 37.5 Å². The first-order chi connectivity index (χ1) is 10.3. The minimum absolute atomic E-state index is 0.629. The number of hydrogen-bond acceptors (Lipinski definition) is 3. The molecule has 1 aliphatic heterocycles. The van der Waals surface area contributed by atoms with Gasteiger partial charge in [0.25, 0.3) is 0 Å². The van der Waals surface area contributed by atoms with Crippen LogP contribution >= 0.6 is 0 Å². The zero-order chi connectivity index (χ0) is 14.5. The Morgan fingerprint density at radius 2 is 1.90 bits per heavy atom. The van der Waals surface area contributed by atoms with E-state index in [0.717, 1.165) is 25.3 Å². The maximum atomic E-state index is 4.27. The van der Waals surface area contributed by atoms with E-state index < -0.39 is 0 Å². The van der Waals surface area contributed by atoms with Crippen molar-refractivity contribution < 1.29 is 0 Å². The highest BCUT2D eigenvalue weighted by molar-refractivity contribution is 5.46. The molecule has 0 bridgehead atoms. The summed E-state index contributed by atoms with van der Waals surface area (Å²) in [6.07, 6.45) is 4.31. The second-order valence-corrected chi connectivity index (χ2v) is 5.78. The highest BCUT2D eigenvalue weighted by Crippen LogP contribution is 2.20. The Hall–Kier alpha value is -1.87. The molecule has 1 aromatic heterocycles. The topological polar surface area (TPSA) is 28.2 Å². The number of rotatable bonds is 4. The van der Waals surface area contributed by atoms with E-state index >= 15 is 0 Å². The largest absolute Gasteiger partial charge is 0.371 e. The Bertz CT molecular complexity index is 560. The average molecular weight is 281 g/mol. The molecule has 21 heavy (non-hydrogen) atoms. The molecule has 2 aromatic rings. The van der Waals surface area contributed by atoms with Gasteiger partial charge in [0.1, 0.15) is 0 Å².